The van der Waals surface area contributed by atoms with Crippen LogP contribution in [0.25, 0.3) is 11.4 Å². The van der Waals surface area contributed by atoms with Gasteiger partial charge in [0, 0.05) is 49.8 Å². The highest BCUT2D eigenvalue weighted by atomic mass is 19.4. The minimum Gasteiger partial charge on any atom is -0.374 e. The van der Waals surface area contributed by atoms with Crippen molar-refractivity contribution >= 4 is 5.82 Å². The molecule has 4 heterocycles. The molecule has 0 saturated carbocycles. The lowest BCUT2D eigenvalue weighted by molar-refractivity contribution is -0.137. The average molecular weight is 459 g/mol. The van der Waals surface area contributed by atoms with E-state index in [4.69, 9.17) is 0 Å². The highest BCUT2D eigenvalue weighted by molar-refractivity contribution is 5.61. The number of anilines is 1. The van der Waals surface area contributed by atoms with Crippen LogP contribution in [0.2, 0.25) is 0 Å². The predicted octanol–water partition coefficient (Wildman–Crippen LogP) is 3.90. The molecule has 1 N–H and O–H groups in total. The van der Waals surface area contributed by atoms with Gasteiger partial charge in [-0.15, -0.1) is 0 Å². The topological polar surface area (TPSA) is 65.4 Å². The Balaban J connectivity index is 1.39. The molecule has 0 spiro atoms. The molecule has 1 aromatic carbocycles. The molecule has 2 fully saturated rings. The summed E-state index contributed by atoms with van der Waals surface area (Å²) in [6.45, 7) is 1.61. The molecular weight excluding hydrogens is 438 g/mol. The zero-order valence-electron chi connectivity index (χ0n) is 17.5. The van der Waals surface area contributed by atoms with Crippen molar-refractivity contribution in [2.24, 2.45) is 5.92 Å². The smallest absolute Gasteiger partial charge is 0.374 e. The van der Waals surface area contributed by atoms with Crippen LogP contribution < -0.4 is 4.90 Å². The number of benzene rings is 1. The first-order valence-electron chi connectivity index (χ1n) is 10.6. The molecule has 2 aliphatic heterocycles. The molecule has 2 saturated heterocycles. The predicted molar refractivity (Wildman–Crippen MR) is 112 cm³/mol. The maximum atomic E-state index is 14.7. The van der Waals surface area contributed by atoms with Gasteiger partial charge in [0.2, 0.25) is 0 Å². The molecule has 3 aromatic rings. The standard InChI is InChI=1S/C23H21F4N5O/c24-17-4-1-3-16(20(17)21-29-7-2-8-30-21)22(33)31-10-6-14-12-32(18(14)13-31)19-11-15(5-9-28-19)23(25,26)27/h1-5,7-9,11,14,18,22,33H,6,10,12-13H2/t14?,18-,22?/m0/s1. The van der Waals surface area contributed by atoms with E-state index in [-0.39, 0.29) is 23.2 Å². The van der Waals surface area contributed by atoms with Gasteiger partial charge in [0.25, 0.3) is 0 Å². The van der Waals surface area contributed by atoms with Crippen LogP contribution in [0.3, 0.4) is 0 Å². The normalized spacial score (nSPS) is 21.9. The third-order valence-corrected chi connectivity index (χ3v) is 6.41. The first-order chi connectivity index (χ1) is 15.8. The fourth-order valence-corrected chi connectivity index (χ4v) is 4.67. The van der Waals surface area contributed by atoms with Crippen LogP contribution in [-0.4, -0.2) is 50.6 Å². The lowest BCUT2D eigenvalue weighted by atomic mass is 9.82. The second kappa shape index (κ2) is 8.35. The molecule has 0 aliphatic carbocycles. The monoisotopic (exact) mass is 459 g/mol. The van der Waals surface area contributed by atoms with Crippen LogP contribution in [0.5, 0.6) is 0 Å². The number of alkyl halides is 3. The minimum atomic E-state index is -4.44. The molecule has 172 valence electrons. The number of aromatic nitrogens is 3. The lowest BCUT2D eigenvalue weighted by Crippen LogP contribution is -2.65. The summed E-state index contributed by atoms with van der Waals surface area (Å²) in [7, 11) is 0. The molecule has 2 aliphatic rings. The molecule has 2 aromatic heterocycles. The van der Waals surface area contributed by atoms with Gasteiger partial charge in [-0.2, -0.15) is 13.2 Å². The van der Waals surface area contributed by atoms with Crippen LogP contribution in [0.4, 0.5) is 23.4 Å². The molecule has 0 bridgehead atoms. The Morgan fingerprint density at radius 2 is 1.79 bits per heavy atom. The number of rotatable bonds is 4. The van der Waals surface area contributed by atoms with Crippen LogP contribution >= 0.6 is 0 Å². The summed E-state index contributed by atoms with van der Waals surface area (Å²) >= 11 is 0. The number of nitrogens with zero attached hydrogens (tertiary/aromatic N) is 5. The van der Waals surface area contributed by atoms with E-state index in [1.54, 1.807) is 12.1 Å². The second-order valence-electron chi connectivity index (χ2n) is 8.31. The molecule has 0 radical (unpaired) electrons. The van der Waals surface area contributed by atoms with Crippen molar-refractivity contribution in [1.29, 1.82) is 0 Å². The van der Waals surface area contributed by atoms with E-state index in [0.717, 1.165) is 18.6 Å². The number of aliphatic hydroxyl groups is 1. The van der Waals surface area contributed by atoms with Crippen molar-refractivity contribution in [2.75, 3.05) is 24.5 Å². The molecule has 0 amide bonds. The van der Waals surface area contributed by atoms with Gasteiger partial charge in [-0.25, -0.2) is 19.3 Å². The Kier molecular flexibility index (Phi) is 5.49. The van der Waals surface area contributed by atoms with E-state index < -0.39 is 23.8 Å². The number of piperidine rings is 1. The Morgan fingerprint density at radius 1 is 1.00 bits per heavy atom. The molecule has 3 atom stereocenters. The number of fused-ring (bicyclic) bond motifs is 1. The first-order valence-corrected chi connectivity index (χ1v) is 10.6. The van der Waals surface area contributed by atoms with E-state index in [9.17, 15) is 22.7 Å². The largest absolute Gasteiger partial charge is 0.416 e. The summed E-state index contributed by atoms with van der Waals surface area (Å²) in [5.74, 6) is 0.213. The molecule has 10 heteroatoms. The number of hydrogen-bond donors (Lipinski definition) is 1. The molecule has 6 nitrogen and oxygen atoms in total. The quantitative estimate of drug-likeness (QED) is 0.597. The van der Waals surface area contributed by atoms with Gasteiger partial charge in [0.15, 0.2) is 5.82 Å². The summed E-state index contributed by atoms with van der Waals surface area (Å²) in [6, 6.07) is 8.00. The van der Waals surface area contributed by atoms with Gasteiger partial charge in [-0.1, -0.05) is 12.1 Å². The highest BCUT2D eigenvalue weighted by Crippen LogP contribution is 2.40. The highest BCUT2D eigenvalue weighted by Gasteiger charge is 2.45. The number of aliphatic hydroxyl groups excluding tert-OH is 1. The van der Waals surface area contributed by atoms with Gasteiger partial charge >= 0.3 is 6.18 Å². The van der Waals surface area contributed by atoms with Crippen molar-refractivity contribution in [3.05, 3.63) is 71.9 Å². The minimum absolute atomic E-state index is 0.0885. The lowest BCUT2D eigenvalue weighted by Gasteiger charge is -2.54. The van der Waals surface area contributed by atoms with Crippen molar-refractivity contribution in [2.45, 2.75) is 24.9 Å². The number of halogens is 4. The SMILES string of the molecule is OC(c1cccc(F)c1-c1ncccn1)N1CCC2CN(c3cc(C(F)(F)F)ccn3)[C@H]2C1. The van der Waals surface area contributed by atoms with E-state index in [2.05, 4.69) is 15.0 Å². The Morgan fingerprint density at radius 3 is 2.55 bits per heavy atom. The zero-order valence-corrected chi connectivity index (χ0v) is 17.5. The third kappa shape index (κ3) is 4.04. The summed E-state index contributed by atoms with van der Waals surface area (Å²) in [5, 5.41) is 11.2. The van der Waals surface area contributed by atoms with Crippen molar-refractivity contribution in [3.63, 3.8) is 0 Å². The van der Waals surface area contributed by atoms with Crippen LogP contribution in [0.15, 0.2) is 55.0 Å². The van der Waals surface area contributed by atoms with Gasteiger partial charge < -0.3 is 10.0 Å². The van der Waals surface area contributed by atoms with Crippen LogP contribution in [0.1, 0.15) is 23.8 Å². The number of pyridine rings is 1. The molecule has 5 rings (SSSR count). The zero-order chi connectivity index (χ0) is 23.2. The summed E-state index contributed by atoms with van der Waals surface area (Å²) in [5.41, 5.74) is -0.253. The van der Waals surface area contributed by atoms with Crippen LogP contribution in [0, 0.1) is 11.7 Å². The van der Waals surface area contributed by atoms with Crippen molar-refractivity contribution in [1.82, 2.24) is 19.9 Å². The fourth-order valence-electron chi connectivity index (χ4n) is 4.67. The molecular formula is C23H21F4N5O. The number of likely N-dealkylation sites (tertiary alicyclic amines) is 1. The summed E-state index contributed by atoms with van der Waals surface area (Å²) in [4.78, 5) is 16.0. The third-order valence-electron chi connectivity index (χ3n) is 6.41. The van der Waals surface area contributed by atoms with Gasteiger partial charge in [-0.3, -0.25) is 4.90 Å². The summed E-state index contributed by atoms with van der Waals surface area (Å²) in [6.07, 6.45) is -0.611. The summed E-state index contributed by atoms with van der Waals surface area (Å²) < 4.78 is 54.1. The fraction of sp³-hybridized carbons (Fsp3) is 0.348. The Hall–Kier alpha value is -3.11. The Bertz CT molecular complexity index is 1140. The number of hydrogen-bond acceptors (Lipinski definition) is 6. The maximum Gasteiger partial charge on any atom is 0.416 e. The van der Waals surface area contributed by atoms with Gasteiger partial charge in [0.1, 0.15) is 17.9 Å². The van der Waals surface area contributed by atoms with E-state index in [0.29, 0.717) is 31.1 Å². The maximum absolute atomic E-state index is 14.7. The van der Waals surface area contributed by atoms with E-state index in [1.165, 1.54) is 30.7 Å². The van der Waals surface area contributed by atoms with Crippen molar-refractivity contribution in [3.8, 4) is 11.4 Å². The first kappa shape index (κ1) is 21.7. The van der Waals surface area contributed by atoms with Crippen LogP contribution in [-0.2, 0) is 6.18 Å². The van der Waals surface area contributed by atoms with Gasteiger partial charge in [-0.05, 0) is 36.6 Å². The van der Waals surface area contributed by atoms with Gasteiger partial charge in [0.05, 0.1) is 11.1 Å². The van der Waals surface area contributed by atoms with E-state index >= 15 is 0 Å². The molecule has 2 unspecified atom stereocenters. The molecule has 33 heavy (non-hydrogen) atoms. The second-order valence-corrected chi connectivity index (χ2v) is 8.31. The van der Waals surface area contributed by atoms with Crippen molar-refractivity contribution < 1.29 is 22.7 Å². The Labute approximate surface area is 187 Å². The van der Waals surface area contributed by atoms with E-state index in [1.807, 2.05) is 9.80 Å². The average Bonchev–Trinajstić information content (AvgIpc) is 2.79.